The van der Waals surface area contributed by atoms with Crippen molar-refractivity contribution in [1.82, 2.24) is 24.5 Å². The van der Waals surface area contributed by atoms with Crippen molar-refractivity contribution >= 4 is 22.8 Å². The maximum absolute atomic E-state index is 13.3. The molecule has 4 aromatic rings. The summed E-state index contributed by atoms with van der Waals surface area (Å²) in [5, 5.41) is 20.1. The zero-order valence-electron chi connectivity index (χ0n) is 15.9. The first-order valence-electron chi connectivity index (χ1n) is 8.87. The summed E-state index contributed by atoms with van der Waals surface area (Å²) in [5.41, 5.74) is 4.99. The summed E-state index contributed by atoms with van der Waals surface area (Å²) in [7, 11) is 0. The molecule has 0 bridgehead atoms. The average molecular weight is 440 g/mol. The number of imidazole rings is 1. The molecule has 0 aliphatic heterocycles. The van der Waals surface area contributed by atoms with Crippen LogP contribution in [0, 0.1) is 21.4 Å². The molecule has 160 valence electrons. The maximum atomic E-state index is 13.3. The van der Waals surface area contributed by atoms with Gasteiger partial charge in [0.15, 0.2) is 5.65 Å². The van der Waals surface area contributed by atoms with Crippen molar-refractivity contribution in [3.63, 3.8) is 0 Å². The van der Waals surface area contributed by atoms with Gasteiger partial charge >= 0.3 is 6.18 Å². The quantitative estimate of drug-likeness (QED) is 0.375. The van der Waals surface area contributed by atoms with Gasteiger partial charge in [0.2, 0.25) is 5.95 Å². The van der Waals surface area contributed by atoms with Crippen LogP contribution in [-0.4, -0.2) is 29.4 Å². The molecule has 0 aliphatic carbocycles. The van der Waals surface area contributed by atoms with E-state index in [1.54, 1.807) is 0 Å². The lowest BCUT2D eigenvalue weighted by atomic mass is 10.1. The van der Waals surface area contributed by atoms with Gasteiger partial charge in [-0.15, -0.1) is 0 Å². The molecule has 0 saturated carbocycles. The molecule has 10 nitrogen and oxygen atoms in total. The minimum Gasteiger partial charge on any atom is -0.368 e. The van der Waals surface area contributed by atoms with Gasteiger partial charge in [-0.2, -0.15) is 23.4 Å². The number of anilines is 1. The highest BCUT2D eigenvalue weighted by molar-refractivity contribution is 5.87. The zero-order valence-corrected chi connectivity index (χ0v) is 15.9. The summed E-state index contributed by atoms with van der Waals surface area (Å²) < 4.78 is 41.3. The number of rotatable bonds is 4. The number of fused-ring (bicyclic) bond motifs is 1. The van der Waals surface area contributed by atoms with Gasteiger partial charge < -0.3 is 10.3 Å². The molecule has 13 heteroatoms. The largest absolute Gasteiger partial charge is 0.423 e. The number of nitriles is 1. The van der Waals surface area contributed by atoms with Crippen LogP contribution >= 0.6 is 0 Å². The second kappa shape index (κ2) is 7.58. The fourth-order valence-electron chi connectivity index (χ4n) is 3.15. The standard InChI is InChI=1S/C19H11F3N8O2/c20-19(21,22)12-5-11(1-2-14(12)30(31)32)8-29-9-26-16-15(27-18(24)28-17(16)29)13-6-10(7-23)3-4-25-13/h1-6,9H,8H2,(H2,24,27,28). The highest BCUT2D eigenvalue weighted by Gasteiger charge is 2.38. The highest BCUT2D eigenvalue weighted by Crippen LogP contribution is 2.37. The van der Waals surface area contributed by atoms with Gasteiger partial charge in [0.05, 0.1) is 35.1 Å². The van der Waals surface area contributed by atoms with E-state index in [9.17, 15) is 23.3 Å². The molecule has 4 rings (SSSR count). The topological polar surface area (TPSA) is 149 Å². The number of aromatic nitrogens is 5. The van der Waals surface area contributed by atoms with Crippen LogP contribution in [0.15, 0.2) is 42.9 Å². The highest BCUT2D eigenvalue weighted by atomic mass is 19.4. The second-order valence-corrected chi connectivity index (χ2v) is 6.62. The third-order valence-corrected chi connectivity index (χ3v) is 4.53. The van der Waals surface area contributed by atoms with Crippen molar-refractivity contribution in [1.29, 1.82) is 5.26 Å². The molecule has 3 aromatic heterocycles. The van der Waals surface area contributed by atoms with Crippen LogP contribution in [0.5, 0.6) is 0 Å². The first-order valence-corrected chi connectivity index (χ1v) is 8.87. The van der Waals surface area contributed by atoms with Gasteiger partial charge in [0.25, 0.3) is 5.69 Å². The summed E-state index contributed by atoms with van der Waals surface area (Å²) in [6.07, 6.45) is -2.14. The molecule has 0 unspecified atom stereocenters. The molecule has 32 heavy (non-hydrogen) atoms. The van der Waals surface area contributed by atoms with Crippen molar-refractivity contribution in [2.24, 2.45) is 0 Å². The van der Waals surface area contributed by atoms with Gasteiger partial charge in [-0.25, -0.2) is 9.97 Å². The molecule has 0 aliphatic rings. The van der Waals surface area contributed by atoms with Gasteiger partial charge in [-0.3, -0.25) is 15.1 Å². The van der Waals surface area contributed by atoms with E-state index in [4.69, 9.17) is 11.0 Å². The Morgan fingerprint density at radius 3 is 2.66 bits per heavy atom. The molecular weight excluding hydrogens is 429 g/mol. The van der Waals surface area contributed by atoms with E-state index in [0.29, 0.717) is 17.3 Å². The number of nitrogens with zero attached hydrogens (tertiary/aromatic N) is 7. The lowest BCUT2D eigenvalue weighted by molar-refractivity contribution is -0.388. The fourth-order valence-corrected chi connectivity index (χ4v) is 3.15. The SMILES string of the molecule is N#Cc1ccnc(-c2nc(N)nc3c2ncn3Cc2ccc([N+](=O)[O-])c(C(F)(F)F)c2)c1. The Balaban J connectivity index is 1.80. The summed E-state index contributed by atoms with van der Waals surface area (Å²) in [6.45, 7) is -0.112. The summed E-state index contributed by atoms with van der Waals surface area (Å²) >= 11 is 0. The van der Waals surface area contributed by atoms with Crippen molar-refractivity contribution in [3.8, 4) is 17.5 Å². The molecule has 1 aromatic carbocycles. The first-order chi connectivity index (χ1) is 15.2. The predicted molar refractivity (Wildman–Crippen MR) is 105 cm³/mol. The van der Waals surface area contributed by atoms with Crippen LogP contribution in [0.2, 0.25) is 0 Å². The minimum atomic E-state index is -4.90. The van der Waals surface area contributed by atoms with Crippen molar-refractivity contribution in [2.75, 3.05) is 5.73 Å². The minimum absolute atomic E-state index is 0.112. The van der Waals surface area contributed by atoms with E-state index in [0.717, 1.165) is 6.07 Å². The molecule has 0 spiro atoms. The van der Waals surface area contributed by atoms with E-state index < -0.39 is 22.4 Å². The van der Waals surface area contributed by atoms with E-state index in [1.165, 1.54) is 35.3 Å². The van der Waals surface area contributed by atoms with Gasteiger partial charge in [0.1, 0.15) is 16.8 Å². The smallest absolute Gasteiger partial charge is 0.368 e. The van der Waals surface area contributed by atoms with Crippen LogP contribution in [-0.2, 0) is 12.7 Å². The first kappa shape index (κ1) is 20.7. The summed E-state index contributed by atoms with van der Waals surface area (Å²) in [5.74, 6) is -0.127. The van der Waals surface area contributed by atoms with Gasteiger partial charge in [-0.1, -0.05) is 6.07 Å². The fraction of sp³-hybridized carbons (Fsp3) is 0.105. The molecule has 0 radical (unpaired) electrons. The van der Waals surface area contributed by atoms with Crippen LogP contribution < -0.4 is 5.73 Å². The Morgan fingerprint density at radius 1 is 1.19 bits per heavy atom. The number of halogens is 3. The Morgan fingerprint density at radius 2 is 1.97 bits per heavy atom. The van der Waals surface area contributed by atoms with Crippen LogP contribution in [0.4, 0.5) is 24.8 Å². The molecule has 0 amide bonds. The number of nitrogens with two attached hydrogens (primary N) is 1. The molecule has 0 saturated heterocycles. The number of benzene rings is 1. The zero-order chi connectivity index (χ0) is 23.0. The van der Waals surface area contributed by atoms with Crippen LogP contribution in [0.1, 0.15) is 16.7 Å². The lowest BCUT2D eigenvalue weighted by Crippen LogP contribution is -2.10. The summed E-state index contributed by atoms with van der Waals surface area (Å²) in [4.78, 5) is 26.5. The van der Waals surface area contributed by atoms with E-state index in [-0.39, 0.29) is 34.9 Å². The van der Waals surface area contributed by atoms with E-state index in [1.807, 2.05) is 6.07 Å². The maximum Gasteiger partial charge on any atom is 0.423 e. The van der Waals surface area contributed by atoms with Crippen LogP contribution in [0.25, 0.3) is 22.6 Å². The molecule has 0 atom stereocenters. The number of pyridine rings is 1. The number of nitro groups is 1. The third kappa shape index (κ3) is 3.76. The normalized spacial score (nSPS) is 11.4. The monoisotopic (exact) mass is 440 g/mol. The Kier molecular flexibility index (Phi) is 4.90. The Hall–Kier alpha value is -4.60. The third-order valence-electron chi connectivity index (χ3n) is 4.53. The Bertz CT molecular complexity index is 1410. The van der Waals surface area contributed by atoms with Gasteiger partial charge in [-0.05, 0) is 23.8 Å². The van der Waals surface area contributed by atoms with Crippen molar-refractivity contribution in [2.45, 2.75) is 12.7 Å². The van der Waals surface area contributed by atoms with Crippen LogP contribution in [0.3, 0.4) is 0 Å². The lowest BCUT2D eigenvalue weighted by Gasteiger charge is -2.10. The number of hydrogen-bond donors (Lipinski definition) is 1. The Labute approximate surface area is 177 Å². The number of nitro benzene ring substituents is 1. The van der Waals surface area contributed by atoms with Gasteiger partial charge in [0, 0.05) is 12.3 Å². The average Bonchev–Trinajstić information content (AvgIpc) is 3.14. The molecule has 3 heterocycles. The molecule has 2 N–H and O–H groups in total. The summed E-state index contributed by atoms with van der Waals surface area (Å²) in [6, 6.07) is 7.74. The number of alkyl halides is 3. The van der Waals surface area contributed by atoms with Crippen molar-refractivity contribution in [3.05, 3.63) is 69.7 Å². The molecule has 0 fully saturated rings. The molecular formula is C19H11F3N8O2. The van der Waals surface area contributed by atoms with E-state index >= 15 is 0 Å². The predicted octanol–water partition coefficient (Wildman–Crippen LogP) is 3.32. The second-order valence-electron chi connectivity index (χ2n) is 6.62. The van der Waals surface area contributed by atoms with E-state index in [2.05, 4.69) is 19.9 Å². The number of hydrogen-bond acceptors (Lipinski definition) is 8. The number of nitrogen functional groups attached to an aromatic ring is 1. The van der Waals surface area contributed by atoms with Crippen molar-refractivity contribution < 1.29 is 18.1 Å².